The molecule has 0 bridgehead atoms. The van der Waals surface area contributed by atoms with E-state index >= 15 is 0 Å². The second kappa shape index (κ2) is 5.47. The summed E-state index contributed by atoms with van der Waals surface area (Å²) in [6.45, 7) is 0. The summed E-state index contributed by atoms with van der Waals surface area (Å²) >= 11 is 0. The predicted molar refractivity (Wildman–Crippen MR) is 93.8 cm³/mol. The van der Waals surface area contributed by atoms with Crippen molar-refractivity contribution >= 4 is 22.6 Å². The third kappa shape index (κ3) is 2.68. The molecule has 0 radical (unpaired) electrons. The van der Waals surface area contributed by atoms with Crippen molar-refractivity contribution in [2.24, 2.45) is 0 Å². The highest BCUT2D eigenvalue weighted by molar-refractivity contribution is 6.02. The lowest BCUT2D eigenvalue weighted by Gasteiger charge is -2.07. The Balaban J connectivity index is 1.74. The van der Waals surface area contributed by atoms with E-state index in [1.54, 1.807) is 7.05 Å². The zero-order chi connectivity index (χ0) is 15.8. The zero-order valence-electron chi connectivity index (χ0n) is 13.0. The first-order valence-corrected chi connectivity index (χ1v) is 7.95. The number of nitrogens with one attached hydrogen (secondary N) is 3. The monoisotopic (exact) mass is 305 g/mol. The number of rotatable bonds is 3. The fourth-order valence-electron chi connectivity index (χ4n) is 2.98. The van der Waals surface area contributed by atoms with Crippen LogP contribution in [0.25, 0.3) is 22.0 Å². The van der Waals surface area contributed by atoms with Crippen molar-refractivity contribution in [2.45, 2.75) is 18.8 Å². The lowest BCUT2D eigenvalue weighted by Crippen LogP contribution is -2.24. The van der Waals surface area contributed by atoms with E-state index in [4.69, 9.17) is 0 Å². The Morgan fingerprint density at radius 3 is 2.74 bits per heavy atom. The molecule has 0 aliphatic heterocycles. The van der Waals surface area contributed by atoms with Crippen LogP contribution in [0.5, 0.6) is 0 Å². The third-order valence-electron chi connectivity index (χ3n) is 4.43. The number of aromatic amines is 1. The van der Waals surface area contributed by atoms with Crippen molar-refractivity contribution < 1.29 is 4.79 Å². The van der Waals surface area contributed by atoms with Gasteiger partial charge < -0.3 is 15.6 Å². The number of urea groups is 1. The molecule has 4 heteroatoms. The van der Waals surface area contributed by atoms with Gasteiger partial charge in [0.1, 0.15) is 0 Å². The first-order valence-electron chi connectivity index (χ1n) is 7.95. The SMILES string of the molecule is CNC(=O)Nc1c[nH]c2ccc(-c3cccc(C4CC4)c3)cc12. The number of H-pyrrole nitrogens is 1. The maximum atomic E-state index is 11.6. The number of carbonyl (C=O) groups is 1. The smallest absolute Gasteiger partial charge is 0.319 e. The Labute approximate surface area is 134 Å². The van der Waals surface area contributed by atoms with Crippen molar-refractivity contribution in [2.75, 3.05) is 12.4 Å². The van der Waals surface area contributed by atoms with E-state index in [0.29, 0.717) is 0 Å². The zero-order valence-corrected chi connectivity index (χ0v) is 13.0. The molecule has 2 aromatic carbocycles. The summed E-state index contributed by atoms with van der Waals surface area (Å²) in [5.74, 6) is 0.747. The second-order valence-corrected chi connectivity index (χ2v) is 6.07. The van der Waals surface area contributed by atoms with Crippen LogP contribution in [0.4, 0.5) is 10.5 Å². The van der Waals surface area contributed by atoms with Gasteiger partial charge in [-0.2, -0.15) is 0 Å². The molecule has 4 nitrogen and oxygen atoms in total. The van der Waals surface area contributed by atoms with Crippen molar-refractivity contribution in [1.82, 2.24) is 10.3 Å². The molecule has 116 valence electrons. The molecule has 1 fully saturated rings. The molecule has 3 N–H and O–H groups in total. The molecule has 4 rings (SSSR count). The van der Waals surface area contributed by atoms with Gasteiger partial charge in [-0.1, -0.05) is 30.3 Å². The standard InChI is InChI=1S/C19H19N3O/c1-20-19(23)22-18-11-21-17-8-7-15(10-16(17)18)14-4-2-3-13(9-14)12-5-6-12/h2-4,7-12,21H,5-6H2,1H3,(H2,20,22,23). The van der Waals surface area contributed by atoms with Crippen LogP contribution in [-0.4, -0.2) is 18.1 Å². The van der Waals surface area contributed by atoms with Gasteiger partial charge in [0.2, 0.25) is 0 Å². The maximum Gasteiger partial charge on any atom is 0.319 e. The van der Waals surface area contributed by atoms with Crippen LogP contribution < -0.4 is 10.6 Å². The fraction of sp³-hybridized carbons (Fsp3) is 0.211. The van der Waals surface area contributed by atoms with Crippen LogP contribution in [0.15, 0.2) is 48.7 Å². The highest BCUT2D eigenvalue weighted by Crippen LogP contribution is 2.41. The van der Waals surface area contributed by atoms with Gasteiger partial charge in [0.05, 0.1) is 5.69 Å². The van der Waals surface area contributed by atoms with Crippen LogP contribution in [0, 0.1) is 0 Å². The lowest BCUT2D eigenvalue weighted by atomic mass is 10.00. The number of fused-ring (bicyclic) bond motifs is 1. The van der Waals surface area contributed by atoms with E-state index in [9.17, 15) is 4.79 Å². The summed E-state index contributed by atoms with van der Waals surface area (Å²) in [6.07, 6.45) is 4.44. The Morgan fingerprint density at radius 1 is 1.13 bits per heavy atom. The summed E-state index contributed by atoms with van der Waals surface area (Å²) in [6, 6.07) is 14.9. The summed E-state index contributed by atoms with van der Waals surface area (Å²) in [5.41, 5.74) is 5.63. The summed E-state index contributed by atoms with van der Waals surface area (Å²) in [5, 5.41) is 6.45. The minimum Gasteiger partial charge on any atom is -0.359 e. The topological polar surface area (TPSA) is 56.9 Å². The molecule has 1 aliphatic carbocycles. The Hall–Kier alpha value is -2.75. The Bertz CT molecular complexity index is 877. The molecule has 0 saturated heterocycles. The van der Waals surface area contributed by atoms with E-state index in [-0.39, 0.29) is 6.03 Å². The van der Waals surface area contributed by atoms with Crippen molar-refractivity contribution in [3.63, 3.8) is 0 Å². The van der Waals surface area contributed by atoms with Gasteiger partial charge in [-0.3, -0.25) is 0 Å². The van der Waals surface area contributed by atoms with Gasteiger partial charge in [-0.05, 0) is 47.6 Å². The quantitative estimate of drug-likeness (QED) is 0.657. The fourth-order valence-corrected chi connectivity index (χ4v) is 2.98. The number of hydrogen-bond acceptors (Lipinski definition) is 1. The number of hydrogen-bond donors (Lipinski definition) is 3. The van der Waals surface area contributed by atoms with E-state index in [1.165, 1.54) is 29.5 Å². The molecule has 0 spiro atoms. The average molecular weight is 305 g/mol. The van der Waals surface area contributed by atoms with Gasteiger partial charge in [-0.15, -0.1) is 0 Å². The molecule has 3 aromatic rings. The highest BCUT2D eigenvalue weighted by Gasteiger charge is 2.23. The van der Waals surface area contributed by atoms with Crippen LogP contribution >= 0.6 is 0 Å². The van der Waals surface area contributed by atoms with E-state index in [0.717, 1.165) is 22.5 Å². The minimum absolute atomic E-state index is 0.216. The van der Waals surface area contributed by atoms with Crippen LogP contribution in [0.3, 0.4) is 0 Å². The minimum atomic E-state index is -0.216. The summed E-state index contributed by atoms with van der Waals surface area (Å²) in [7, 11) is 1.61. The molecule has 1 aliphatic rings. The first kappa shape index (κ1) is 13.9. The van der Waals surface area contributed by atoms with Gasteiger partial charge in [0, 0.05) is 24.1 Å². The third-order valence-corrected chi connectivity index (χ3v) is 4.43. The molecule has 1 heterocycles. The molecular weight excluding hydrogens is 286 g/mol. The van der Waals surface area contributed by atoms with E-state index in [1.807, 2.05) is 6.20 Å². The van der Waals surface area contributed by atoms with Crippen LogP contribution in [0.1, 0.15) is 24.3 Å². The van der Waals surface area contributed by atoms with E-state index in [2.05, 4.69) is 58.1 Å². The van der Waals surface area contributed by atoms with Gasteiger partial charge in [0.25, 0.3) is 0 Å². The number of amides is 2. The molecular formula is C19H19N3O. The van der Waals surface area contributed by atoms with Gasteiger partial charge in [0.15, 0.2) is 0 Å². The molecule has 0 unspecified atom stereocenters. The molecule has 0 atom stereocenters. The van der Waals surface area contributed by atoms with Crippen molar-refractivity contribution in [3.8, 4) is 11.1 Å². The van der Waals surface area contributed by atoms with Crippen LogP contribution in [0.2, 0.25) is 0 Å². The van der Waals surface area contributed by atoms with Crippen LogP contribution in [-0.2, 0) is 0 Å². The molecule has 1 aromatic heterocycles. The normalized spacial score (nSPS) is 14.0. The Kier molecular flexibility index (Phi) is 3.30. The molecule has 1 saturated carbocycles. The summed E-state index contributed by atoms with van der Waals surface area (Å²) in [4.78, 5) is 14.8. The predicted octanol–water partition coefficient (Wildman–Crippen LogP) is 4.46. The molecule has 23 heavy (non-hydrogen) atoms. The first-order chi connectivity index (χ1) is 11.2. The maximum absolute atomic E-state index is 11.6. The van der Waals surface area contributed by atoms with Gasteiger partial charge >= 0.3 is 6.03 Å². The van der Waals surface area contributed by atoms with Gasteiger partial charge in [-0.25, -0.2) is 4.79 Å². The number of aromatic nitrogens is 1. The number of benzene rings is 2. The Morgan fingerprint density at radius 2 is 1.96 bits per heavy atom. The largest absolute Gasteiger partial charge is 0.359 e. The van der Waals surface area contributed by atoms with Crippen molar-refractivity contribution in [1.29, 1.82) is 0 Å². The lowest BCUT2D eigenvalue weighted by molar-refractivity contribution is 0.254. The second-order valence-electron chi connectivity index (χ2n) is 6.07. The van der Waals surface area contributed by atoms with E-state index < -0.39 is 0 Å². The highest BCUT2D eigenvalue weighted by atomic mass is 16.2. The molecule has 2 amide bonds. The van der Waals surface area contributed by atoms with Crippen molar-refractivity contribution in [3.05, 3.63) is 54.2 Å². The summed E-state index contributed by atoms with van der Waals surface area (Å²) < 4.78 is 0. The number of carbonyl (C=O) groups excluding carboxylic acids is 1. The number of anilines is 1. The average Bonchev–Trinajstić information content (AvgIpc) is 3.37.